The number of hydrogen-bond donors (Lipinski definition) is 1. The number of carbonyl (C=O) groups excluding carboxylic acids is 1. The van der Waals surface area contributed by atoms with E-state index in [-0.39, 0.29) is 11.4 Å². The van der Waals surface area contributed by atoms with Crippen LogP contribution in [0.1, 0.15) is 11.1 Å². The molecule has 188 valence electrons. The third kappa shape index (κ3) is 5.96. The van der Waals surface area contributed by atoms with E-state index in [0.717, 1.165) is 27.6 Å². The first-order chi connectivity index (χ1) is 17.2. The van der Waals surface area contributed by atoms with Gasteiger partial charge in [0.2, 0.25) is 0 Å². The van der Waals surface area contributed by atoms with Crippen LogP contribution in [0.15, 0.2) is 76.7 Å². The summed E-state index contributed by atoms with van der Waals surface area (Å²) in [4.78, 5) is 22.9. The molecule has 0 saturated carbocycles. The minimum Gasteiger partial charge on any atom is -0.497 e. The lowest BCUT2D eigenvalue weighted by atomic mass is 10.2. The third-order valence-corrected chi connectivity index (χ3v) is 6.86. The van der Waals surface area contributed by atoms with E-state index in [2.05, 4.69) is 10.5 Å². The Hall–Kier alpha value is -4.45. The van der Waals surface area contributed by atoms with Crippen molar-refractivity contribution in [3.05, 3.63) is 88.0 Å². The van der Waals surface area contributed by atoms with Crippen molar-refractivity contribution in [1.29, 1.82) is 0 Å². The monoisotopic (exact) mass is 512 g/mol. The Kier molecular flexibility index (Phi) is 8.22. The molecule has 0 bridgehead atoms. The fraction of sp³-hybridized carbons (Fsp3) is 0.167. The van der Waals surface area contributed by atoms with E-state index in [9.17, 15) is 23.3 Å². The Morgan fingerprint density at radius 2 is 1.78 bits per heavy atom. The number of benzene rings is 3. The van der Waals surface area contributed by atoms with E-state index in [0.29, 0.717) is 5.75 Å². The molecule has 12 heteroatoms. The molecule has 0 aliphatic heterocycles. The lowest BCUT2D eigenvalue weighted by Crippen LogP contribution is -2.40. The van der Waals surface area contributed by atoms with Gasteiger partial charge in [-0.2, -0.15) is 5.10 Å². The second-order valence-electron chi connectivity index (χ2n) is 7.48. The van der Waals surface area contributed by atoms with Crippen molar-refractivity contribution in [2.75, 3.05) is 25.1 Å². The van der Waals surface area contributed by atoms with Gasteiger partial charge >= 0.3 is 0 Å². The number of methoxy groups -OCH3 is 2. The fourth-order valence-corrected chi connectivity index (χ4v) is 4.82. The molecular formula is C24H24N4O7S. The Morgan fingerprint density at radius 1 is 1.08 bits per heavy atom. The average molecular weight is 513 g/mol. The number of para-hydroxylation sites is 1. The molecule has 0 aliphatic carbocycles. The van der Waals surface area contributed by atoms with Crippen LogP contribution < -0.4 is 19.2 Å². The third-order valence-electron chi connectivity index (χ3n) is 5.05. The maximum atomic E-state index is 13.7. The van der Waals surface area contributed by atoms with E-state index in [1.165, 1.54) is 50.8 Å². The lowest BCUT2D eigenvalue weighted by molar-refractivity contribution is -0.387. The first-order valence-electron chi connectivity index (χ1n) is 10.5. The zero-order valence-corrected chi connectivity index (χ0v) is 20.6. The predicted octanol–water partition coefficient (Wildman–Crippen LogP) is 3.27. The SMILES string of the molecule is COc1ccc(N(CC(=O)N/N=C/c2ccc(C)cc2)S(=O)(=O)c2ccccc2[N+](=O)[O-])c(OC)c1. The molecule has 0 atom stereocenters. The molecule has 11 nitrogen and oxygen atoms in total. The maximum Gasteiger partial charge on any atom is 0.289 e. The van der Waals surface area contributed by atoms with Crippen LogP contribution in [0.4, 0.5) is 11.4 Å². The Balaban J connectivity index is 2.00. The zero-order chi connectivity index (χ0) is 26.3. The standard InChI is InChI=1S/C24H24N4O7S/c1-17-8-10-18(11-9-17)15-25-26-24(29)16-27(20-13-12-19(34-2)14-22(20)35-3)36(32,33)23-7-5-4-6-21(23)28(30)31/h4-15H,16H2,1-3H3,(H,26,29)/b25-15+. The Bertz CT molecular complexity index is 1390. The summed E-state index contributed by atoms with van der Waals surface area (Å²) in [5.41, 5.74) is 3.42. The van der Waals surface area contributed by atoms with E-state index in [1.807, 2.05) is 19.1 Å². The highest BCUT2D eigenvalue weighted by Crippen LogP contribution is 2.37. The molecule has 0 aromatic heterocycles. The molecule has 36 heavy (non-hydrogen) atoms. The number of hydrazone groups is 1. The molecule has 0 fully saturated rings. The van der Waals surface area contributed by atoms with E-state index in [4.69, 9.17) is 9.47 Å². The van der Waals surface area contributed by atoms with Gasteiger partial charge in [-0.1, -0.05) is 42.0 Å². The molecule has 0 radical (unpaired) electrons. The van der Waals surface area contributed by atoms with Gasteiger partial charge in [-0.15, -0.1) is 0 Å². The molecule has 3 aromatic rings. The van der Waals surface area contributed by atoms with Gasteiger partial charge in [-0.25, -0.2) is 13.8 Å². The summed E-state index contributed by atoms with van der Waals surface area (Å²) in [6.07, 6.45) is 1.41. The van der Waals surface area contributed by atoms with E-state index < -0.39 is 38.0 Å². The van der Waals surface area contributed by atoms with Crippen LogP contribution in [0.2, 0.25) is 0 Å². The van der Waals surface area contributed by atoms with Crippen LogP contribution in [0.3, 0.4) is 0 Å². The normalized spacial score (nSPS) is 11.2. The summed E-state index contributed by atoms with van der Waals surface area (Å²) in [7, 11) is -1.86. The molecule has 0 saturated heterocycles. The number of nitrogens with one attached hydrogen (secondary N) is 1. The first-order valence-corrected chi connectivity index (χ1v) is 12.0. The maximum absolute atomic E-state index is 13.7. The molecule has 0 unspecified atom stereocenters. The summed E-state index contributed by atoms with van der Waals surface area (Å²) in [5.74, 6) is -0.323. The van der Waals surface area contributed by atoms with Crippen LogP contribution in [0.5, 0.6) is 11.5 Å². The minimum atomic E-state index is -4.60. The number of sulfonamides is 1. The van der Waals surface area contributed by atoms with Crippen molar-refractivity contribution in [2.45, 2.75) is 11.8 Å². The summed E-state index contributed by atoms with van der Waals surface area (Å²) in [5, 5.41) is 15.4. The number of hydrogen-bond acceptors (Lipinski definition) is 8. The number of amides is 1. The van der Waals surface area contributed by atoms with Gasteiger partial charge in [0.15, 0.2) is 4.90 Å². The van der Waals surface area contributed by atoms with Crippen molar-refractivity contribution in [3.63, 3.8) is 0 Å². The van der Waals surface area contributed by atoms with Gasteiger partial charge in [0, 0.05) is 12.1 Å². The fourth-order valence-electron chi connectivity index (χ4n) is 3.23. The highest BCUT2D eigenvalue weighted by atomic mass is 32.2. The number of nitro groups is 1. The van der Waals surface area contributed by atoms with Crippen molar-refractivity contribution in [2.24, 2.45) is 5.10 Å². The smallest absolute Gasteiger partial charge is 0.289 e. The van der Waals surface area contributed by atoms with Gasteiger partial charge < -0.3 is 9.47 Å². The van der Waals surface area contributed by atoms with Crippen molar-refractivity contribution in [3.8, 4) is 11.5 Å². The molecule has 1 amide bonds. The van der Waals surface area contributed by atoms with Gasteiger partial charge in [0.1, 0.15) is 18.0 Å². The molecule has 3 rings (SSSR count). The Labute approximate surface area is 208 Å². The number of ether oxygens (including phenoxy) is 2. The summed E-state index contributed by atoms with van der Waals surface area (Å²) in [6.45, 7) is 1.20. The number of anilines is 1. The molecule has 0 aliphatic rings. The van der Waals surface area contributed by atoms with Crippen molar-refractivity contribution in [1.82, 2.24) is 5.43 Å². The summed E-state index contributed by atoms with van der Waals surface area (Å²) < 4.78 is 38.5. The predicted molar refractivity (Wildman–Crippen MR) is 134 cm³/mol. The summed E-state index contributed by atoms with van der Waals surface area (Å²) in [6, 6.07) is 16.5. The zero-order valence-electron chi connectivity index (χ0n) is 19.7. The second kappa shape index (κ2) is 11.3. The second-order valence-corrected chi connectivity index (χ2v) is 9.31. The molecule has 1 N–H and O–H groups in total. The molecule has 3 aromatic carbocycles. The van der Waals surface area contributed by atoms with E-state index >= 15 is 0 Å². The van der Waals surface area contributed by atoms with Gasteiger partial charge in [0.25, 0.3) is 21.6 Å². The quantitative estimate of drug-likeness (QED) is 0.250. The molecular weight excluding hydrogens is 488 g/mol. The number of aryl methyl sites for hydroxylation is 1. The Morgan fingerprint density at radius 3 is 2.42 bits per heavy atom. The number of carbonyl (C=O) groups is 1. The van der Waals surface area contributed by atoms with Crippen molar-refractivity contribution < 1.29 is 27.6 Å². The van der Waals surface area contributed by atoms with Crippen LogP contribution in [0.25, 0.3) is 0 Å². The topological polar surface area (TPSA) is 140 Å². The van der Waals surface area contributed by atoms with Crippen LogP contribution in [-0.2, 0) is 14.8 Å². The number of rotatable bonds is 10. The van der Waals surface area contributed by atoms with Crippen LogP contribution in [-0.4, -0.2) is 46.2 Å². The highest BCUT2D eigenvalue weighted by Gasteiger charge is 2.34. The number of nitro benzene ring substituents is 1. The van der Waals surface area contributed by atoms with Gasteiger partial charge in [-0.05, 0) is 30.7 Å². The van der Waals surface area contributed by atoms with Gasteiger partial charge in [0.05, 0.1) is 31.0 Å². The lowest BCUT2D eigenvalue weighted by Gasteiger charge is -2.25. The minimum absolute atomic E-state index is 0.0193. The van der Waals surface area contributed by atoms with Crippen LogP contribution >= 0.6 is 0 Å². The number of nitrogens with zero attached hydrogens (tertiary/aromatic N) is 3. The average Bonchev–Trinajstić information content (AvgIpc) is 2.88. The largest absolute Gasteiger partial charge is 0.497 e. The van der Waals surface area contributed by atoms with Crippen molar-refractivity contribution >= 4 is 33.5 Å². The highest BCUT2D eigenvalue weighted by molar-refractivity contribution is 7.93. The van der Waals surface area contributed by atoms with E-state index in [1.54, 1.807) is 12.1 Å². The first kappa shape index (κ1) is 26.2. The summed E-state index contributed by atoms with van der Waals surface area (Å²) >= 11 is 0. The van der Waals surface area contributed by atoms with Crippen LogP contribution in [0, 0.1) is 17.0 Å². The molecule has 0 spiro atoms. The van der Waals surface area contributed by atoms with Gasteiger partial charge in [-0.3, -0.25) is 19.2 Å². The molecule has 0 heterocycles.